The molecule has 0 radical (unpaired) electrons. The molecule has 1 aromatic carbocycles. The summed E-state index contributed by atoms with van der Waals surface area (Å²) in [4.78, 5) is 35.1. The predicted octanol–water partition coefficient (Wildman–Crippen LogP) is 1.02. The number of hydrogen-bond donors (Lipinski definition) is 5. The van der Waals surface area contributed by atoms with E-state index in [0.717, 1.165) is 0 Å². The molecule has 0 heterocycles. The quantitative estimate of drug-likeness (QED) is 0.0806. The molecule has 0 spiro atoms. The van der Waals surface area contributed by atoms with Crippen molar-refractivity contribution in [2.24, 2.45) is 11.7 Å². The van der Waals surface area contributed by atoms with Crippen LogP contribution in [-0.2, 0) is 20.9 Å². The van der Waals surface area contributed by atoms with Gasteiger partial charge >= 0.3 is 5.97 Å². The van der Waals surface area contributed by atoms with Crippen molar-refractivity contribution >= 4 is 23.5 Å². The lowest BCUT2D eigenvalue weighted by molar-refractivity contribution is -0.384. The molecular formula is C20H32N6O5. The molecule has 0 aliphatic heterocycles. The van der Waals surface area contributed by atoms with E-state index in [2.05, 4.69) is 16.0 Å². The van der Waals surface area contributed by atoms with Gasteiger partial charge in [-0.3, -0.25) is 20.3 Å². The van der Waals surface area contributed by atoms with Gasteiger partial charge in [-0.1, -0.05) is 13.8 Å². The highest BCUT2D eigenvalue weighted by Gasteiger charge is 2.26. The summed E-state index contributed by atoms with van der Waals surface area (Å²) in [6.45, 7) is 4.28. The van der Waals surface area contributed by atoms with E-state index in [-0.39, 0.29) is 24.2 Å². The van der Waals surface area contributed by atoms with Gasteiger partial charge < -0.3 is 26.4 Å². The number of ether oxygens (including phenoxy) is 1. The van der Waals surface area contributed by atoms with Crippen LogP contribution < -0.4 is 21.7 Å². The molecule has 0 saturated carbocycles. The minimum absolute atomic E-state index is 0.0491. The standard InChI is InChI=1S/C20H32N6O5/c1-13(2)11-17(25-18(27)16(21)5-4-10-24-20(22)23-3)19(28)31-12-14-6-8-15(9-7-14)26(29)30/h6-9,13,16-17H,4-5,10-12,21H2,1-3H3,(H,25,27)(H3,22,23,24)/t16-,17+/m1/s1. The highest BCUT2D eigenvalue weighted by atomic mass is 16.6. The van der Waals surface area contributed by atoms with Crippen LogP contribution in [0.2, 0.25) is 0 Å². The van der Waals surface area contributed by atoms with E-state index in [0.29, 0.717) is 31.4 Å². The predicted molar refractivity (Wildman–Crippen MR) is 116 cm³/mol. The van der Waals surface area contributed by atoms with Gasteiger partial charge in [0.1, 0.15) is 12.6 Å². The van der Waals surface area contributed by atoms with Crippen molar-refractivity contribution in [1.29, 1.82) is 5.41 Å². The Bertz CT molecular complexity index is 753. The van der Waals surface area contributed by atoms with Crippen LogP contribution in [0, 0.1) is 21.4 Å². The van der Waals surface area contributed by atoms with Crippen LogP contribution in [0.15, 0.2) is 24.3 Å². The van der Waals surface area contributed by atoms with E-state index in [1.807, 2.05) is 13.8 Å². The summed E-state index contributed by atoms with van der Waals surface area (Å²) in [5.41, 5.74) is 6.49. The maximum atomic E-state index is 12.5. The lowest BCUT2D eigenvalue weighted by Crippen LogP contribution is -2.49. The maximum Gasteiger partial charge on any atom is 0.328 e. The van der Waals surface area contributed by atoms with Crippen LogP contribution in [-0.4, -0.2) is 48.4 Å². The molecule has 31 heavy (non-hydrogen) atoms. The summed E-state index contributed by atoms with van der Waals surface area (Å²) >= 11 is 0. The zero-order chi connectivity index (χ0) is 23.4. The number of nitrogens with one attached hydrogen (secondary N) is 4. The van der Waals surface area contributed by atoms with Gasteiger partial charge in [0.2, 0.25) is 5.91 Å². The van der Waals surface area contributed by atoms with Crippen LogP contribution in [0.3, 0.4) is 0 Å². The Morgan fingerprint density at radius 2 is 1.90 bits per heavy atom. The van der Waals surface area contributed by atoms with Gasteiger partial charge in [0, 0.05) is 25.7 Å². The third-order valence-electron chi connectivity index (χ3n) is 4.42. The second-order valence-corrected chi connectivity index (χ2v) is 7.52. The minimum Gasteiger partial charge on any atom is -0.459 e. The first-order valence-corrected chi connectivity index (χ1v) is 10.1. The molecule has 0 aromatic heterocycles. The first-order valence-electron chi connectivity index (χ1n) is 10.1. The molecule has 0 unspecified atom stereocenters. The third kappa shape index (κ3) is 9.90. The van der Waals surface area contributed by atoms with Crippen molar-refractivity contribution in [3.63, 3.8) is 0 Å². The molecule has 0 bridgehead atoms. The largest absolute Gasteiger partial charge is 0.459 e. The van der Waals surface area contributed by atoms with Gasteiger partial charge in [0.15, 0.2) is 5.96 Å². The number of carbonyl (C=O) groups excluding carboxylic acids is 2. The van der Waals surface area contributed by atoms with Gasteiger partial charge in [0.25, 0.3) is 5.69 Å². The SMILES string of the molecule is CNC(=N)NCCC[C@@H](N)C(=O)N[C@@H](CC(C)C)C(=O)OCc1ccc([N+](=O)[O-])cc1. The topological polar surface area (TPSA) is 172 Å². The number of benzene rings is 1. The second kappa shape index (κ2) is 13.2. The summed E-state index contributed by atoms with van der Waals surface area (Å²) < 4.78 is 5.30. The fraction of sp³-hybridized carbons (Fsp3) is 0.550. The molecule has 0 aliphatic rings. The minimum atomic E-state index is -0.841. The highest BCUT2D eigenvalue weighted by Crippen LogP contribution is 2.14. The molecule has 11 heteroatoms. The summed E-state index contributed by atoms with van der Waals surface area (Å²) in [5.74, 6) is -0.714. The molecule has 6 N–H and O–H groups in total. The number of esters is 1. The fourth-order valence-corrected chi connectivity index (χ4v) is 2.69. The first kappa shape index (κ1) is 25.8. The number of guanidine groups is 1. The van der Waals surface area contributed by atoms with E-state index < -0.39 is 28.9 Å². The molecule has 0 aliphatic carbocycles. The van der Waals surface area contributed by atoms with Crippen LogP contribution in [0.1, 0.15) is 38.7 Å². The number of hydrogen-bond acceptors (Lipinski definition) is 7. The normalized spacial score (nSPS) is 12.5. The summed E-state index contributed by atoms with van der Waals surface area (Å²) in [5, 5.41) is 26.3. The van der Waals surface area contributed by atoms with E-state index in [1.54, 1.807) is 7.05 Å². The van der Waals surface area contributed by atoms with Gasteiger partial charge in [-0.15, -0.1) is 0 Å². The lowest BCUT2D eigenvalue weighted by atomic mass is 10.0. The molecular weight excluding hydrogens is 404 g/mol. The van der Waals surface area contributed by atoms with Crippen molar-refractivity contribution in [1.82, 2.24) is 16.0 Å². The number of rotatable bonds is 12. The molecule has 1 aromatic rings. The van der Waals surface area contributed by atoms with Gasteiger partial charge in [-0.25, -0.2) is 4.79 Å². The summed E-state index contributed by atoms with van der Waals surface area (Å²) in [7, 11) is 1.63. The Balaban J connectivity index is 2.57. The van der Waals surface area contributed by atoms with Crippen LogP contribution in [0.25, 0.3) is 0 Å². The molecule has 0 fully saturated rings. The van der Waals surface area contributed by atoms with Gasteiger partial charge in [-0.05, 0) is 42.9 Å². The smallest absolute Gasteiger partial charge is 0.328 e. The number of nitrogens with two attached hydrogens (primary N) is 1. The molecule has 11 nitrogen and oxygen atoms in total. The average Bonchev–Trinajstić information content (AvgIpc) is 2.73. The Morgan fingerprint density at radius 1 is 1.26 bits per heavy atom. The van der Waals surface area contributed by atoms with Gasteiger partial charge in [-0.2, -0.15) is 0 Å². The Kier molecular flexibility index (Phi) is 11.0. The zero-order valence-electron chi connectivity index (χ0n) is 18.1. The number of amides is 1. The number of nitro groups is 1. The monoisotopic (exact) mass is 436 g/mol. The molecule has 172 valence electrons. The Labute approximate surface area is 181 Å². The number of nitrogens with zero attached hydrogens (tertiary/aromatic N) is 1. The van der Waals surface area contributed by atoms with E-state index in [1.165, 1.54) is 24.3 Å². The summed E-state index contributed by atoms with van der Waals surface area (Å²) in [6.07, 6.45) is 1.36. The van der Waals surface area contributed by atoms with Gasteiger partial charge in [0.05, 0.1) is 11.0 Å². The summed E-state index contributed by atoms with van der Waals surface area (Å²) in [6, 6.07) is 4.07. The van der Waals surface area contributed by atoms with Crippen molar-refractivity contribution in [3.8, 4) is 0 Å². The van der Waals surface area contributed by atoms with Crippen LogP contribution in [0.5, 0.6) is 0 Å². The molecule has 0 saturated heterocycles. The van der Waals surface area contributed by atoms with E-state index in [4.69, 9.17) is 15.9 Å². The van der Waals surface area contributed by atoms with Crippen LogP contribution >= 0.6 is 0 Å². The Morgan fingerprint density at radius 3 is 2.45 bits per heavy atom. The second-order valence-electron chi connectivity index (χ2n) is 7.52. The lowest BCUT2D eigenvalue weighted by Gasteiger charge is -2.21. The zero-order valence-corrected chi connectivity index (χ0v) is 18.1. The highest BCUT2D eigenvalue weighted by molar-refractivity contribution is 5.87. The van der Waals surface area contributed by atoms with Crippen molar-refractivity contribution in [2.45, 2.75) is 51.8 Å². The first-order chi connectivity index (χ1) is 14.6. The van der Waals surface area contributed by atoms with Crippen molar-refractivity contribution < 1.29 is 19.2 Å². The number of non-ortho nitro benzene ring substituents is 1. The van der Waals surface area contributed by atoms with Crippen molar-refractivity contribution in [3.05, 3.63) is 39.9 Å². The number of nitro benzene ring substituents is 1. The Hall–Kier alpha value is -3.21. The fourth-order valence-electron chi connectivity index (χ4n) is 2.69. The maximum absolute atomic E-state index is 12.5. The van der Waals surface area contributed by atoms with E-state index >= 15 is 0 Å². The number of carbonyl (C=O) groups is 2. The molecule has 1 amide bonds. The average molecular weight is 437 g/mol. The van der Waals surface area contributed by atoms with Crippen molar-refractivity contribution in [2.75, 3.05) is 13.6 Å². The third-order valence-corrected chi connectivity index (χ3v) is 4.42. The molecule has 2 atom stereocenters. The van der Waals surface area contributed by atoms with Crippen LogP contribution in [0.4, 0.5) is 5.69 Å². The van der Waals surface area contributed by atoms with E-state index in [9.17, 15) is 19.7 Å². The molecule has 1 rings (SSSR count).